The van der Waals surface area contributed by atoms with Gasteiger partial charge in [-0.05, 0) is 30.7 Å². The topological polar surface area (TPSA) is 61.5 Å². The predicted molar refractivity (Wildman–Crippen MR) is 73.4 cm³/mol. The number of hydrogen-bond acceptors (Lipinski definition) is 4. The summed E-state index contributed by atoms with van der Waals surface area (Å²) in [7, 11) is 1.27. The largest absolute Gasteiger partial charge is 0.465 e. The van der Waals surface area contributed by atoms with Crippen LogP contribution in [0.15, 0.2) is 36.4 Å². The highest BCUT2D eigenvalue weighted by atomic mass is 19.1. The van der Waals surface area contributed by atoms with E-state index in [2.05, 4.69) is 4.74 Å². The average molecular weight is 275 g/mol. The molecule has 2 rings (SSSR count). The van der Waals surface area contributed by atoms with Gasteiger partial charge in [0.25, 0.3) is 0 Å². The molecule has 0 atom stereocenters. The van der Waals surface area contributed by atoms with Gasteiger partial charge in [-0.2, -0.15) is 0 Å². The molecule has 2 aromatic rings. The first-order valence-corrected chi connectivity index (χ1v) is 5.93. The number of ether oxygens (including phenoxy) is 2. The summed E-state index contributed by atoms with van der Waals surface area (Å²) < 4.78 is 23.4. The fraction of sp³-hybridized carbons (Fsp3) is 0.133. The average Bonchev–Trinajstić information content (AvgIpc) is 2.44. The zero-order chi connectivity index (χ0) is 14.7. The SMILES string of the molecule is COC(=O)c1cccc(Oc2cc(F)ccc2C)c1N. The Morgan fingerprint density at radius 3 is 2.65 bits per heavy atom. The first-order valence-electron chi connectivity index (χ1n) is 5.93. The normalized spacial score (nSPS) is 10.2. The van der Waals surface area contributed by atoms with Crippen LogP contribution in [0, 0.1) is 12.7 Å². The van der Waals surface area contributed by atoms with Crippen LogP contribution in [0.2, 0.25) is 0 Å². The van der Waals surface area contributed by atoms with Gasteiger partial charge < -0.3 is 15.2 Å². The van der Waals surface area contributed by atoms with Crippen molar-refractivity contribution in [1.82, 2.24) is 0 Å². The smallest absolute Gasteiger partial charge is 0.340 e. The zero-order valence-corrected chi connectivity index (χ0v) is 11.1. The summed E-state index contributed by atoms with van der Waals surface area (Å²) in [6.07, 6.45) is 0. The molecule has 0 bridgehead atoms. The zero-order valence-electron chi connectivity index (χ0n) is 11.1. The van der Waals surface area contributed by atoms with Crippen molar-refractivity contribution in [2.75, 3.05) is 12.8 Å². The molecular formula is C15H14FNO3. The molecular weight excluding hydrogens is 261 g/mol. The van der Waals surface area contributed by atoms with Crippen LogP contribution < -0.4 is 10.5 Å². The third-order valence-corrected chi connectivity index (χ3v) is 2.84. The van der Waals surface area contributed by atoms with Gasteiger partial charge in [0.2, 0.25) is 0 Å². The predicted octanol–water partition coefficient (Wildman–Crippen LogP) is 3.30. The van der Waals surface area contributed by atoms with E-state index in [-0.39, 0.29) is 17.0 Å². The van der Waals surface area contributed by atoms with E-state index in [4.69, 9.17) is 10.5 Å². The van der Waals surface area contributed by atoms with E-state index in [1.807, 2.05) is 0 Å². The summed E-state index contributed by atoms with van der Waals surface area (Å²) in [6.45, 7) is 1.79. The van der Waals surface area contributed by atoms with Gasteiger partial charge in [0.05, 0.1) is 18.4 Å². The van der Waals surface area contributed by atoms with Crippen LogP contribution in [-0.4, -0.2) is 13.1 Å². The molecule has 0 fully saturated rings. The molecule has 0 aliphatic carbocycles. The molecule has 0 aliphatic heterocycles. The van der Waals surface area contributed by atoms with Crippen LogP contribution in [0.3, 0.4) is 0 Å². The maximum absolute atomic E-state index is 13.2. The maximum Gasteiger partial charge on any atom is 0.340 e. The second-order valence-electron chi connectivity index (χ2n) is 4.22. The summed E-state index contributed by atoms with van der Waals surface area (Å²) in [6, 6.07) is 8.96. The van der Waals surface area contributed by atoms with E-state index in [9.17, 15) is 9.18 Å². The third-order valence-electron chi connectivity index (χ3n) is 2.84. The summed E-state index contributed by atoms with van der Waals surface area (Å²) in [5.41, 5.74) is 7.00. The summed E-state index contributed by atoms with van der Waals surface area (Å²) in [5, 5.41) is 0. The molecule has 0 unspecified atom stereocenters. The second-order valence-corrected chi connectivity index (χ2v) is 4.22. The number of carbonyl (C=O) groups is 1. The van der Waals surface area contributed by atoms with Crippen molar-refractivity contribution >= 4 is 11.7 Å². The number of benzene rings is 2. The van der Waals surface area contributed by atoms with Crippen molar-refractivity contribution in [2.24, 2.45) is 0 Å². The highest BCUT2D eigenvalue weighted by Gasteiger charge is 2.14. The van der Waals surface area contributed by atoms with E-state index in [0.717, 1.165) is 5.56 Å². The number of rotatable bonds is 3. The highest BCUT2D eigenvalue weighted by molar-refractivity contribution is 5.96. The third kappa shape index (κ3) is 2.71. The van der Waals surface area contributed by atoms with Gasteiger partial charge in [0.15, 0.2) is 5.75 Å². The van der Waals surface area contributed by atoms with Gasteiger partial charge >= 0.3 is 5.97 Å². The summed E-state index contributed by atoms with van der Waals surface area (Å²) in [5.74, 6) is -0.336. The number of methoxy groups -OCH3 is 1. The van der Waals surface area contributed by atoms with Crippen molar-refractivity contribution in [1.29, 1.82) is 0 Å². The molecule has 5 heteroatoms. The molecule has 0 saturated carbocycles. The van der Waals surface area contributed by atoms with Crippen LogP contribution in [0.4, 0.5) is 10.1 Å². The molecule has 0 radical (unpaired) electrons. The van der Waals surface area contributed by atoms with Gasteiger partial charge in [-0.15, -0.1) is 0 Å². The molecule has 0 heterocycles. The number of esters is 1. The Hall–Kier alpha value is -2.56. The Labute approximate surface area is 115 Å². The molecule has 0 spiro atoms. The molecule has 4 nitrogen and oxygen atoms in total. The quantitative estimate of drug-likeness (QED) is 0.689. The Balaban J connectivity index is 2.39. The molecule has 104 valence electrons. The van der Waals surface area contributed by atoms with Crippen LogP contribution in [0.1, 0.15) is 15.9 Å². The van der Waals surface area contributed by atoms with Crippen molar-refractivity contribution in [3.8, 4) is 11.5 Å². The molecule has 0 aromatic heterocycles. The monoisotopic (exact) mass is 275 g/mol. The number of aryl methyl sites for hydroxylation is 1. The van der Waals surface area contributed by atoms with Crippen molar-refractivity contribution < 1.29 is 18.7 Å². The lowest BCUT2D eigenvalue weighted by atomic mass is 10.1. The Kier molecular flexibility index (Phi) is 3.89. The Bertz CT molecular complexity index is 656. The lowest BCUT2D eigenvalue weighted by Crippen LogP contribution is -2.06. The fourth-order valence-corrected chi connectivity index (χ4v) is 1.72. The van der Waals surface area contributed by atoms with E-state index >= 15 is 0 Å². The molecule has 2 aromatic carbocycles. The first kappa shape index (κ1) is 13.9. The van der Waals surface area contributed by atoms with Crippen LogP contribution in [0.5, 0.6) is 11.5 Å². The van der Waals surface area contributed by atoms with E-state index in [1.165, 1.54) is 25.3 Å². The molecule has 20 heavy (non-hydrogen) atoms. The van der Waals surface area contributed by atoms with Crippen LogP contribution >= 0.6 is 0 Å². The number of hydrogen-bond donors (Lipinski definition) is 1. The van der Waals surface area contributed by atoms with Crippen molar-refractivity contribution in [3.05, 3.63) is 53.3 Å². The molecule has 2 N–H and O–H groups in total. The van der Waals surface area contributed by atoms with Crippen molar-refractivity contribution in [2.45, 2.75) is 6.92 Å². The van der Waals surface area contributed by atoms with Gasteiger partial charge in [-0.1, -0.05) is 12.1 Å². The Morgan fingerprint density at radius 2 is 1.95 bits per heavy atom. The van der Waals surface area contributed by atoms with E-state index in [1.54, 1.807) is 25.1 Å². The number of halogens is 1. The fourth-order valence-electron chi connectivity index (χ4n) is 1.72. The summed E-state index contributed by atoms with van der Waals surface area (Å²) >= 11 is 0. The number of carbonyl (C=O) groups excluding carboxylic acids is 1. The van der Waals surface area contributed by atoms with Gasteiger partial charge in [0.1, 0.15) is 11.6 Å². The number of nitrogen functional groups attached to an aromatic ring is 1. The minimum atomic E-state index is -0.552. The standard InChI is InChI=1S/C15H14FNO3/c1-9-6-7-10(16)8-13(9)20-12-5-3-4-11(14(12)17)15(18)19-2/h3-8H,17H2,1-2H3. The number of anilines is 1. The van der Waals surface area contributed by atoms with Gasteiger partial charge in [0, 0.05) is 6.07 Å². The lowest BCUT2D eigenvalue weighted by molar-refractivity contribution is 0.0601. The number of para-hydroxylation sites is 1. The maximum atomic E-state index is 13.2. The van der Waals surface area contributed by atoms with E-state index in [0.29, 0.717) is 5.75 Å². The summed E-state index contributed by atoms with van der Waals surface area (Å²) in [4.78, 5) is 11.5. The van der Waals surface area contributed by atoms with E-state index < -0.39 is 11.8 Å². The minimum Gasteiger partial charge on any atom is -0.465 e. The molecule has 0 saturated heterocycles. The van der Waals surface area contributed by atoms with Crippen LogP contribution in [0.25, 0.3) is 0 Å². The minimum absolute atomic E-state index is 0.156. The molecule has 0 amide bonds. The van der Waals surface area contributed by atoms with Gasteiger partial charge in [-0.3, -0.25) is 0 Å². The van der Waals surface area contributed by atoms with Crippen molar-refractivity contribution in [3.63, 3.8) is 0 Å². The first-order chi connectivity index (χ1) is 9.52. The Morgan fingerprint density at radius 1 is 1.20 bits per heavy atom. The van der Waals surface area contributed by atoms with Gasteiger partial charge in [-0.25, -0.2) is 9.18 Å². The number of nitrogens with two attached hydrogens (primary N) is 1. The highest BCUT2D eigenvalue weighted by Crippen LogP contribution is 2.32. The van der Waals surface area contributed by atoms with Crippen LogP contribution in [-0.2, 0) is 4.74 Å². The second kappa shape index (κ2) is 5.61. The molecule has 0 aliphatic rings. The lowest BCUT2D eigenvalue weighted by Gasteiger charge is -2.12.